The molecule has 1 fully saturated rings. The number of hydrogen-bond donors (Lipinski definition) is 1. The second-order valence-electron chi connectivity index (χ2n) is 7.40. The Morgan fingerprint density at radius 1 is 1.25 bits per heavy atom. The number of aromatic nitrogens is 2. The first-order valence-corrected chi connectivity index (χ1v) is 9.38. The molecule has 5 nitrogen and oxygen atoms in total. The molecule has 1 aliphatic rings. The molecule has 0 bridgehead atoms. The predicted molar refractivity (Wildman–Crippen MR) is 100 cm³/mol. The van der Waals surface area contributed by atoms with Gasteiger partial charge in [-0.3, -0.25) is 14.4 Å². The van der Waals surface area contributed by atoms with E-state index in [1.54, 1.807) is 11.6 Å². The molecule has 8 heteroatoms. The zero-order chi connectivity index (χ0) is 20.3. The summed E-state index contributed by atoms with van der Waals surface area (Å²) in [5.74, 6) is -0.185. The molecule has 2 aromatic rings. The Balaban J connectivity index is 1.58. The summed E-state index contributed by atoms with van der Waals surface area (Å²) in [6.45, 7) is 4.48. The van der Waals surface area contributed by atoms with Gasteiger partial charge in [0.05, 0.1) is 24.3 Å². The molecular weight excluding hydrogens is 369 g/mol. The zero-order valence-electron chi connectivity index (χ0n) is 16.1. The highest BCUT2D eigenvalue weighted by Crippen LogP contribution is 2.22. The molecule has 1 aromatic heterocycles. The van der Waals surface area contributed by atoms with Crippen LogP contribution < -0.4 is 5.32 Å². The summed E-state index contributed by atoms with van der Waals surface area (Å²) in [6.07, 6.45) is -3.53. The predicted octanol–water partition coefficient (Wildman–Crippen LogP) is 3.16. The number of likely N-dealkylation sites (tertiary alicyclic amines) is 1. The van der Waals surface area contributed by atoms with Gasteiger partial charge in [0, 0.05) is 18.8 Å². The van der Waals surface area contributed by atoms with Crippen LogP contribution in [0, 0.1) is 19.8 Å². The van der Waals surface area contributed by atoms with Gasteiger partial charge >= 0.3 is 6.18 Å². The second kappa shape index (κ2) is 8.34. The number of carbonyl (C=O) groups excluding carboxylic acids is 1. The van der Waals surface area contributed by atoms with Gasteiger partial charge in [0.25, 0.3) is 5.91 Å². The first kappa shape index (κ1) is 20.4. The van der Waals surface area contributed by atoms with E-state index in [-0.39, 0.29) is 11.8 Å². The van der Waals surface area contributed by atoms with Gasteiger partial charge in [0.1, 0.15) is 0 Å². The molecule has 0 spiro atoms. The Labute approximate surface area is 162 Å². The Morgan fingerprint density at radius 2 is 1.96 bits per heavy atom. The summed E-state index contributed by atoms with van der Waals surface area (Å²) in [4.78, 5) is 14.1. The van der Waals surface area contributed by atoms with E-state index in [4.69, 9.17) is 0 Å². The van der Waals surface area contributed by atoms with Crippen molar-refractivity contribution in [1.29, 1.82) is 0 Å². The van der Waals surface area contributed by atoms with Crippen LogP contribution in [0.5, 0.6) is 0 Å². The van der Waals surface area contributed by atoms with Crippen molar-refractivity contribution in [2.75, 3.05) is 26.2 Å². The van der Waals surface area contributed by atoms with Crippen LogP contribution in [-0.4, -0.2) is 52.9 Å². The van der Waals surface area contributed by atoms with Gasteiger partial charge in [-0.25, -0.2) is 0 Å². The fourth-order valence-electron chi connectivity index (χ4n) is 3.74. The Kier molecular flexibility index (Phi) is 6.07. The van der Waals surface area contributed by atoms with Crippen molar-refractivity contribution >= 4 is 5.91 Å². The second-order valence-corrected chi connectivity index (χ2v) is 7.40. The number of amides is 1. The Hall–Kier alpha value is -2.35. The van der Waals surface area contributed by atoms with Gasteiger partial charge in [-0.05, 0) is 38.3 Å². The number of aryl methyl sites for hydroxylation is 1. The first-order chi connectivity index (χ1) is 13.2. The maximum Gasteiger partial charge on any atom is 0.401 e. The van der Waals surface area contributed by atoms with Crippen molar-refractivity contribution in [3.8, 4) is 0 Å². The summed E-state index contributed by atoms with van der Waals surface area (Å²) in [5, 5.41) is 7.36. The van der Waals surface area contributed by atoms with Crippen LogP contribution in [0.1, 0.15) is 33.7 Å². The Bertz CT molecular complexity index is 817. The van der Waals surface area contributed by atoms with Crippen molar-refractivity contribution in [3.05, 3.63) is 52.8 Å². The van der Waals surface area contributed by atoms with Crippen LogP contribution in [0.15, 0.2) is 30.3 Å². The number of alkyl halides is 3. The van der Waals surface area contributed by atoms with Crippen molar-refractivity contribution < 1.29 is 18.0 Å². The minimum absolute atomic E-state index is 0.0336. The largest absolute Gasteiger partial charge is 0.401 e. The molecule has 1 aliphatic heterocycles. The number of carbonyl (C=O) groups is 1. The van der Waals surface area contributed by atoms with E-state index in [1.807, 2.05) is 37.3 Å². The molecule has 0 unspecified atom stereocenters. The Morgan fingerprint density at radius 3 is 2.64 bits per heavy atom. The van der Waals surface area contributed by atoms with Gasteiger partial charge in [-0.2, -0.15) is 18.3 Å². The minimum atomic E-state index is -4.18. The molecule has 1 N–H and O–H groups in total. The van der Waals surface area contributed by atoms with Crippen molar-refractivity contribution in [1.82, 2.24) is 20.0 Å². The van der Waals surface area contributed by atoms with Crippen molar-refractivity contribution in [2.24, 2.45) is 5.92 Å². The molecule has 1 amide bonds. The lowest BCUT2D eigenvalue weighted by molar-refractivity contribution is -0.143. The number of nitrogens with zero attached hydrogens (tertiary/aromatic N) is 3. The van der Waals surface area contributed by atoms with Gasteiger partial charge < -0.3 is 5.32 Å². The van der Waals surface area contributed by atoms with E-state index < -0.39 is 12.7 Å². The molecular formula is C20H25F3N4O. The number of hydrogen-bond acceptors (Lipinski definition) is 3. The lowest BCUT2D eigenvalue weighted by Crippen LogP contribution is -2.35. The smallest absolute Gasteiger partial charge is 0.352 e. The minimum Gasteiger partial charge on any atom is -0.352 e. The lowest BCUT2D eigenvalue weighted by atomic mass is 10.1. The highest BCUT2D eigenvalue weighted by atomic mass is 19.4. The normalized spacial score (nSPS) is 17.8. The molecule has 28 heavy (non-hydrogen) atoms. The molecule has 1 saturated heterocycles. The van der Waals surface area contributed by atoms with Gasteiger partial charge in [0.15, 0.2) is 0 Å². The molecule has 1 atom stereocenters. The molecule has 2 heterocycles. The molecule has 3 rings (SSSR count). The van der Waals surface area contributed by atoms with Crippen LogP contribution >= 0.6 is 0 Å². The molecule has 1 aromatic carbocycles. The average Bonchev–Trinajstić information content (AvgIpc) is 3.16. The summed E-state index contributed by atoms with van der Waals surface area (Å²) >= 11 is 0. The van der Waals surface area contributed by atoms with Crippen LogP contribution in [0.3, 0.4) is 0 Å². The number of halogens is 3. The van der Waals surface area contributed by atoms with Crippen LogP contribution in [0.4, 0.5) is 13.2 Å². The number of nitrogens with one attached hydrogen (secondary N) is 1. The monoisotopic (exact) mass is 394 g/mol. The van der Waals surface area contributed by atoms with E-state index in [1.165, 1.54) is 4.90 Å². The average molecular weight is 394 g/mol. The van der Waals surface area contributed by atoms with Crippen molar-refractivity contribution in [3.63, 3.8) is 0 Å². The molecule has 0 radical (unpaired) electrons. The van der Waals surface area contributed by atoms with E-state index >= 15 is 0 Å². The fourth-order valence-corrected chi connectivity index (χ4v) is 3.74. The van der Waals surface area contributed by atoms with E-state index in [2.05, 4.69) is 10.4 Å². The fraction of sp³-hybridized carbons (Fsp3) is 0.500. The van der Waals surface area contributed by atoms with E-state index in [0.717, 1.165) is 11.3 Å². The van der Waals surface area contributed by atoms with E-state index in [9.17, 15) is 18.0 Å². The van der Waals surface area contributed by atoms with Crippen molar-refractivity contribution in [2.45, 2.75) is 33.0 Å². The van der Waals surface area contributed by atoms with Crippen LogP contribution in [0.2, 0.25) is 0 Å². The summed E-state index contributed by atoms with van der Waals surface area (Å²) in [7, 11) is 0. The quantitative estimate of drug-likeness (QED) is 0.819. The highest BCUT2D eigenvalue weighted by molar-refractivity contribution is 5.96. The number of rotatable bonds is 6. The maximum absolute atomic E-state index is 12.7. The topological polar surface area (TPSA) is 50.2 Å². The molecule has 0 aliphatic carbocycles. The lowest BCUT2D eigenvalue weighted by Gasteiger charge is -2.18. The summed E-state index contributed by atoms with van der Waals surface area (Å²) < 4.78 is 39.3. The molecule has 152 valence electrons. The van der Waals surface area contributed by atoms with Gasteiger partial charge in [-0.15, -0.1) is 0 Å². The SMILES string of the molecule is Cc1nn(Cc2ccccc2)c(C)c1C(=O)NC[C@H]1CCN(CC(F)(F)F)C1. The maximum atomic E-state index is 12.7. The third-order valence-electron chi connectivity index (χ3n) is 5.11. The third kappa shape index (κ3) is 5.13. The zero-order valence-corrected chi connectivity index (χ0v) is 16.1. The number of benzene rings is 1. The standard InChI is InChI=1S/C20H25F3N4O/c1-14-18(15(2)27(25-14)12-16-6-4-3-5-7-16)19(28)24-10-17-8-9-26(11-17)13-20(21,22)23/h3-7,17H,8-13H2,1-2H3,(H,24,28)/t17-/m1/s1. The highest BCUT2D eigenvalue weighted by Gasteiger charge is 2.34. The van der Waals surface area contributed by atoms with Gasteiger partial charge in [0.2, 0.25) is 0 Å². The van der Waals surface area contributed by atoms with Crippen LogP contribution in [-0.2, 0) is 6.54 Å². The van der Waals surface area contributed by atoms with E-state index in [0.29, 0.717) is 43.9 Å². The third-order valence-corrected chi connectivity index (χ3v) is 5.11. The van der Waals surface area contributed by atoms with Gasteiger partial charge in [-0.1, -0.05) is 30.3 Å². The molecule has 0 saturated carbocycles. The first-order valence-electron chi connectivity index (χ1n) is 9.38. The summed E-state index contributed by atoms with van der Waals surface area (Å²) in [6, 6.07) is 9.87. The van der Waals surface area contributed by atoms with Crippen LogP contribution in [0.25, 0.3) is 0 Å². The summed E-state index contributed by atoms with van der Waals surface area (Å²) in [5.41, 5.74) is 3.07.